The van der Waals surface area contributed by atoms with E-state index in [-0.39, 0.29) is 11.4 Å². The number of carbonyl (C=O) groups is 1. The number of rotatable bonds is 7. The van der Waals surface area contributed by atoms with Crippen LogP contribution < -0.4 is 10.0 Å². The van der Waals surface area contributed by atoms with Gasteiger partial charge in [0.05, 0.1) is 20.2 Å². The lowest BCUT2D eigenvalue weighted by molar-refractivity contribution is -0.139. The molecule has 2 aromatic carbocycles. The topological polar surface area (TPSA) is 119 Å². The van der Waals surface area contributed by atoms with E-state index in [2.05, 4.69) is 5.32 Å². The molecule has 2 rings (SSSR count). The number of hydrogen-bond acceptors (Lipinski definition) is 6. The monoisotopic (exact) mass is 508 g/mol. The summed E-state index contributed by atoms with van der Waals surface area (Å²) in [5, 5.41) is 2.26. The van der Waals surface area contributed by atoms with E-state index in [0.29, 0.717) is 18.2 Å². The summed E-state index contributed by atoms with van der Waals surface area (Å²) in [5.74, 6) is 0. The van der Waals surface area contributed by atoms with Crippen molar-refractivity contribution >= 4 is 26.0 Å². The molecule has 13 heteroatoms. The molecule has 0 aliphatic heterocycles. The predicted octanol–water partition coefficient (Wildman–Crippen LogP) is 3.34. The van der Waals surface area contributed by atoms with Crippen molar-refractivity contribution in [3.63, 3.8) is 0 Å². The summed E-state index contributed by atoms with van der Waals surface area (Å²) in [6.07, 6.45) is -5.90. The Bertz CT molecular complexity index is 1210. The van der Waals surface area contributed by atoms with Gasteiger partial charge in [0.15, 0.2) is 0 Å². The van der Waals surface area contributed by atoms with Crippen LogP contribution in [0.5, 0.6) is 0 Å². The molecule has 2 N–H and O–H groups in total. The number of hydrogen-bond donors (Lipinski definition) is 2. The van der Waals surface area contributed by atoms with Crippen LogP contribution in [0.2, 0.25) is 0 Å². The Hall–Kier alpha value is -2.64. The summed E-state index contributed by atoms with van der Waals surface area (Å²) in [7, 11) is -9.07. The number of carbonyl (C=O) groups excluding carboxylic acids is 1. The molecule has 0 unspecified atom stereocenters. The summed E-state index contributed by atoms with van der Waals surface area (Å²) < 4.78 is 98.1. The Labute approximate surface area is 190 Å². The second-order valence-corrected chi connectivity index (χ2v) is 11.5. The molecule has 0 spiro atoms. The molecule has 1 amide bonds. The van der Waals surface area contributed by atoms with Crippen molar-refractivity contribution in [2.75, 3.05) is 13.1 Å². The van der Waals surface area contributed by atoms with Crippen molar-refractivity contribution in [2.45, 2.75) is 47.2 Å². The smallest absolute Gasteiger partial charge is 0.417 e. The van der Waals surface area contributed by atoms with Crippen LogP contribution in [0.1, 0.15) is 26.3 Å². The van der Waals surface area contributed by atoms with Gasteiger partial charge in [-0.3, -0.25) is 0 Å². The molecule has 33 heavy (non-hydrogen) atoms. The van der Waals surface area contributed by atoms with Crippen molar-refractivity contribution < 1.29 is 39.5 Å². The molecule has 0 aliphatic carbocycles. The summed E-state index contributed by atoms with van der Waals surface area (Å²) >= 11 is 0. The van der Waals surface area contributed by atoms with Crippen molar-refractivity contribution in [3.8, 4) is 0 Å². The van der Waals surface area contributed by atoms with E-state index in [4.69, 9.17) is 4.74 Å². The van der Waals surface area contributed by atoms with Gasteiger partial charge in [0, 0.05) is 13.1 Å². The van der Waals surface area contributed by atoms with E-state index >= 15 is 0 Å². The zero-order valence-electron chi connectivity index (χ0n) is 17.9. The van der Waals surface area contributed by atoms with Gasteiger partial charge in [0.25, 0.3) is 0 Å². The number of benzene rings is 2. The Kier molecular flexibility index (Phi) is 7.82. The minimum Gasteiger partial charge on any atom is -0.444 e. The van der Waals surface area contributed by atoms with Crippen molar-refractivity contribution in [2.24, 2.45) is 0 Å². The van der Waals surface area contributed by atoms with E-state index in [1.165, 1.54) is 24.3 Å². The number of halogens is 3. The maximum Gasteiger partial charge on any atom is 0.417 e. The Balaban J connectivity index is 2.32. The van der Waals surface area contributed by atoms with E-state index in [9.17, 15) is 34.8 Å². The molecule has 0 aliphatic rings. The number of nitrogens with one attached hydrogen (secondary N) is 2. The third-order valence-corrected chi connectivity index (χ3v) is 7.27. The minimum atomic E-state index is -5.06. The van der Waals surface area contributed by atoms with Gasteiger partial charge in [-0.1, -0.05) is 18.2 Å². The van der Waals surface area contributed by atoms with Crippen LogP contribution in [0.3, 0.4) is 0 Å². The second-order valence-electron chi connectivity index (χ2n) is 7.80. The standard InChI is InChI=1S/C20H23F3N2O6S2/c1-19(2,3)31-18(26)24-11-12-25-33(29,30)17-13-15(9-10-16(17)20(21,22)23)32(27,28)14-7-5-4-6-8-14/h4-10,13,25H,11-12H2,1-3H3,(H,24,26). The van der Waals surface area contributed by atoms with Crippen LogP contribution in [0.25, 0.3) is 0 Å². The lowest BCUT2D eigenvalue weighted by Crippen LogP contribution is -2.38. The lowest BCUT2D eigenvalue weighted by atomic mass is 10.2. The molecular weight excluding hydrogens is 485 g/mol. The third kappa shape index (κ3) is 7.17. The first-order valence-corrected chi connectivity index (χ1v) is 12.5. The second kappa shape index (κ2) is 9.69. The fraction of sp³-hybridized carbons (Fsp3) is 0.350. The van der Waals surface area contributed by atoms with Crippen LogP contribution >= 0.6 is 0 Å². The quantitative estimate of drug-likeness (QED) is 0.554. The van der Waals surface area contributed by atoms with Gasteiger partial charge in [0.1, 0.15) is 5.60 Å². The normalized spacial score (nSPS) is 12.9. The largest absolute Gasteiger partial charge is 0.444 e. The minimum absolute atomic E-state index is 0.206. The number of ether oxygens (including phenoxy) is 1. The van der Waals surface area contributed by atoms with Crippen LogP contribution in [-0.2, 0) is 30.8 Å². The molecule has 0 saturated carbocycles. The summed E-state index contributed by atoms with van der Waals surface area (Å²) in [5.41, 5.74) is -2.32. The van der Waals surface area contributed by atoms with Crippen molar-refractivity contribution in [1.29, 1.82) is 0 Å². The molecule has 0 atom stereocenters. The maximum absolute atomic E-state index is 13.5. The molecule has 0 saturated heterocycles. The van der Waals surface area contributed by atoms with E-state index in [1.54, 1.807) is 26.8 Å². The zero-order valence-corrected chi connectivity index (χ0v) is 19.6. The molecule has 0 radical (unpaired) electrons. The average Bonchev–Trinajstić information content (AvgIpc) is 2.69. The molecule has 0 heterocycles. The first kappa shape index (κ1) is 26.6. The number of sulfonamides is 1. The van der Waals surface area contributed by atoms with Gasteiger partial charge < -0.3 is 10.1 Å². The lowest BCUT2D eigenvalue weighted by Gasteiger charge is -2.20. The van der Waals surface area contributed by atoms with Gasteiger partial charge in [-0.2, -0.15) is 13.2 Å². The maximum atomic E-state index is 13.5. The van der Waals surface area contributed by atoms with E-state index in [0.717, 1.165) is 0 Å². The highest BCUT2D eigenvalue weighted by Gasteiger charge is 2.38. The molecule has 182 valence electrons. The number of amides is 1. The van der Waals surface area contributed by atoms with Crippen LogP contribution in [0, 0.1) is 0 Å². The fourth-order valence-corrected chi connectivity index (χ4v) is 5.27. The highest BCUT2D eigenvalue weighted by molar-refractivity contribution is 7.91. The van der Waals surface area contributed by atoms with Gasteiger partial charge in [-0.25, -0.2) is 26.4 Å². The molecule has 0 bridgehead atoms. The van der Waals surface area contributed by atoms with Crippen LogP contribution in [-0.4, -0.2) is 41.6 Å². The fourth-order valence-electron chi connectivity index (χ4n) is 2.60. The predicted molar refractivity (Wildman–Crippen MR) is 113 cm³/mol. The number of alkyl halides is 3. The van der Waals surface area contributed by atoms with Gasteiger partial charge in [-0.15, -0.1) is 0 Å². The summed E-state index contributed by atoms with van der Waals surface area (Å²) in [6, 6.07) is 8.45. The van der Waals surface area contributed by atoms with Crippen LogP contribution in [0.4, 0.5) is 18.0 Å². The van der Waals surface area contributed by atoms with Crippen LogP contribution in [0.15, 0.2) is 63.2 Å². The highest BCUT2D eigenvalue weighted by atomic mass is 32.2. The SMILES string of the molecule is CC(C)(C)OC(=O)NCCNS(=O)(=O)c1cc(S(=O)(=O)c2ccccc2)ccc1C(F)(F)F. The number of alkyl carbamates (subject to hydrolysis) is 1. The average molecular weight is 509 g/mol. The van der Waals surface area contributed by atoms with Gasteiger partial charge in [0.2, 0.25) is 19.9 Å². The molecule has 0 aromatic heterocycles. The Morgan fingerprint density at radius 1 is 0.909 bits per heavy atom. The summed E-state index contributed by atoms with van der Waals surface area (Å²) in [6.45, 7) is 4.10. The zero-order chi connectivity index (χ0) is 25.1. The van der Waals surface area contributed by atoms with E-state index < -0.39 is 59.6 Å². The molecular formula is C20H23F3N2O6S2. The van der Waals surface area contributed by atoms with Gasteiger partial charge in [-0.05, 0) is 51.1 Å². The Morgan fingerprint density at radius 2 is 1.52 bits per heavy atom. The van der Waals surface area contributed by atoms with E-state index in [1.807, 2.05) is 4.72 Å². The summed E-state index contributed by atoms with van der Waals surface area (Å²) in [4.78, 5) is 9.53. The highest BCUT2D eigenvalue weighted by Crippen LogP contribution is 2.36. The molecule has 2 aromatic rings. The molecule has 8 nitrogen and oxygen atoms in total. The number of sulfone groups is 1. The van der Waals surface area contributed by atoms with Gasteiger partial charge >= 0.3 is 12.3 Å². The van der Waals surface area contributed by atoms with Crippen molar-refractivity contribution in [3.05, 3.63) is 54.1 Å². The van der Waals surface area contributed by atoms with Crippen molar-refractivity contribution in [1.82, 2.24) is 10.0 Å². The molecule has 0 fully saturated rings. The third-order valence-electron chi connectivity index (χ3n) is 4.00. The first-order chi connectivity index (χ1) is 15.0. The first-order valence-electron chi connectivity index (χ1n) is 9.52. The Morgan fingerprint density at radius 3 is 2.06 bits per heavy atom.